The Morgan fingerprint density at radius 2 is 2.00 bits per heavy atom. The van der Waals surface area contributed by atoms with Crippen LogP contribution in [0, 0.1) is 0 Å². The summed E-state index contributed by atoms with van der Waals surface area (Å²) < 4.78 is 5.80. The van der Waals surface area contributed by atoms with Gasteiger partial charge >= 0.3 is 0 Å². The van der Waals surface area contributed by atoms with Gasteiger partial charge < -0.3 is 15.0 Å². The van der Waals surface area contributed by atoms with Crippen molar-refractivity contribution < 1.29 is 4.74 Å². The van der Waals surface area contributed by atoms with Crippen LogP contribution in [0.5, 0.6) is 0 Å². The highest BCUT2D eigenvalue weighted by atomic mass is 16.5. The molecule has 0 aliphatic carbocycles. The number of nitrogens with one attached hydrogen (secondary N) is 1. The quantitative estimate of drug-likeness (QED) is 0.739. The van der Waals surface area contributed by atoms with Crippen molar-refractivity contribution in [1.82, 2.24) is 10.2 Å². The summed E-state index contributed by atoms with van der Waals surface area (Å²) in [5, 5.41) is 3.61. The van der Waals surface area contributed by atoms with Crippen molar-refractivity contribution >= 4 is 0 Å². The topological polar surface area (TPSA) is 24.5 Å². The molecule has 100 valence electrons. The Morgan fingerprint density at radius 3 is 2.35 bits per heavy atom. The maximum absolute atomic E-state index is 5.80. The molecule has 1 atom stereocenters. The third-order valence-corrected chi connectivity index (χ3v) is 4.08. The van der Waals surface area contributed by atoms with Gasteiger partial charge in [0.15, 0.2) is 0 Å². The lowest BCUT2D eigenvalue weighted by molar-refractivity contribution is 0.0729. The molecule has 0 bridgehead atoms. The van der Waals surface area contributed by atoms with Crippen molar-refractivity contribution in [2.75, 3.05) is 27.2 Å². The lowest BCUT2D eigenvalue weighted by atomic mass is 9.82. The molecule has 3 nitrogen and oxygen atoms in total. The lowest BCUT2D eigenvalue weighted by Gasteiger charge is -2.45. The summed E-state index contributed by atoms with van der Waals surface area (Å²) in [6, 6.07) is 0.306. The van der Waals surface area contributed by atoms with E-state index in [1.165, 1.54) is 0 Å². The van der Waals surface area contributed by atoms with Gasteiger partial charge in [-0.3, -0.25) is 0 Å². The Balaban J connectivity index is 2.99. The van der Waals surface area contributed by atoms with E-state index in [2.05, 4.69) is 51.2 Å². The predicted octanol–water partition coefficient (Wildman–Crippen LogP) is 2.39. The van der Waals surface area contributed by atoms with Gasteiger partial charge in [0.1, 0.15) is 5.76 Å². The molecule has 1 rings (SSSR count). The molecule has 0 radical (unpaired) electrons. The minimum atomic E-state index is 0.145. The Labute approximate surface area is 106 Å². The first-order chi connectivity index (χ1) is 8.12. The van der Waals surface area contributed by atoms with E-state index in [1.807, 2.05) is 0 Å². The van der Waals surface area contributed by atoms with Crippen molar-refractivity contribution in [3.05, 3.63) is 11.8 Å². The average Bonchev–Trinajstić information content (AvgIpc) is 2.82. The van der Waals surface area contributed by atoms with Gasteiger partial charge in [-0.25, -0.2) is 0 Å². The van der Waals surface area contributed by atoms with Crippen LogP contribution in [0.2, 0.25) is 0 Å². The summed E-state index contributed by atoms with van der Waals surface area (Å²) >= 11 is 0. The smallest absolute Gasteiger partial charge is 0.111 e. The largest absolute Gasteiger partial charge is 0.496 e. The third kappa shape index (κ3) is 2.83. The molecule has 1 N–H and O–H groups in total. The van der Waals surface area contributed by atoms with Gasteiger partial charge in [0.25, 0.3) is 0 Å². The van der Waals surface area contributed by atoms with Gasteiger partial charge in [0.2, 0.25) is 0 Å². The zero-order valence-electron chi connectivity index (χ0n) is 12.0. The van der Waals surface area contributed by atoms with Crippen LogP contribution in [0.15, 0.2) is 11.8 Å². The molecule has 1 aliphatic rings. The zero-order chi connectivity index (χ0) is 12.9. The van der Waals surface area contributed by atoms with E-state index in [4.69, 9.17) is 4.74 Å². The molecule has 0 spiro atoms. The van der Waals surface area contributed by atoms with Gasteiger partial charge in [-0.2, -0.15) is 0 Å². The van der Waals surface area contributed by atoms with Crippen molar-refractivity contribution in [2.24, 2.45) is 0 Å². The average molecular weight is 240 g/mol. The maximum atomic E-state index is 5.80. The number of likely N-dealkylation sites (N-methyl/N-ethyl adjacent to an activating group) is 2. The highest BCUT2D eigenvalue weighted by Gasteiger charge is 2.40. The Hall–Kier alpha value is -0.540. The molecule has 0 amide bonds. The highest BCUT2D eigenvalue weighted by Crippen LogP contribution is 2.32. The number of hydrogen-bond acceptors (Lipinski definition) is 3. The fourth-order valence-corrected chi connectivity index (χ4v) is 2.95. The molecule has 17 heavy (non-hydrogen) atoms. The van der Waals surface area contributed by atoms with Crippen LogP contribution in [0.4, 0.5) is 0 Å². The van der Waals surface area contributed by atoms with Gasteiger partial charge in [0.05, 0.1) is 12.6 Å². The van der Waals surface area contributed by atoms with E-state index < -0.39 is 0 Å². The van der Waals surface area contributed by atoms with Crippen LogP contribution in [-0.4, -0.2) is 43.7 Å². The molecule has 0 aromatic heterocycles. The summed E-state index contributed by atoms with van der Waals surface area (Å²) in [4.78, 5) is 2.35. The van der Waals surface area contributed by atoms with Crippen LogP contribution >= 0.6 is 0 Å². The first-order valence-corrected chi connectivity index (χ1v) is 6.86. The Morgan fingerprint density at radius 1 is 1.35 bits per heavy atom. The minimum Gasteiger partial charge on any atom is -0.496 e. The Bertz CT molecular complexity index is 257. The molecule has 0 saturated carbocycles. The van der Waals surface area contributed by atoms with E-state index in [0.29, 0.717) is 6.04 Å². The van der Waals surface area contributed by atoms with Crippen molar-refractivity contribution in [3.8, 4) is 0 Å². The van der Waals surface area contributed by atoms with Gasteiger partial charge in [-0.1, -0.05) is 20.8 Å². The molecular weight excluding hydrogens is 212 g/mol. The number of rotatable bonds is 7. The predicted molar refractivity (Wildman–Crippen MR) is 73.1 cm³/mol. The first-order valence-electron chi connectivity index (χ1n) is 6.86. The highest BCUT2D eigenvalue weighted by molar-refractivity contribution is 5.16. The second-order valence-electron chi connectivity index (χ2n) is 4.94. The van der Waals surface area contributed by atoms with Gasteiger partial charge in [-0.05, 0) is 39.6 Å². The van der Waals surface area contributed by atoms with E-state index >= 15 is 0 Å². The van der Waals surface area contributed by atoms with Crippen molar-refractivity contribution in [3.63, 3.8) is 0 Å². The molecule has 1 unspecified atom stereocenters. The minimum absolute atomic E-state index is 0.145. The van der Waals surface area contributed by atoms with Crippen LogP contribution in [0.3, 0.4) is 0 Å². The van der Waals surface area contributed by atoms with E-state index in [-0.39, 0.29) is 5.54 Å². The first kappa shape index (κ1) is 14.5. The SMILES string of the molecule is CCNC(C1=CCCO1)C(CC)(CC)N(C)C. The third-order valence-electron chi connectivity index (χ3n) is 4.08. The standard InChI is InChI=1S/C14H28N2O/c1-6-14(7-2,16(4)5)13(15-8-3)12-10-9-11-17-12/h10,13,15H,6-9,11H2,1-5H3. The number of ether oxygens (including phenoxy) is 1. The molecule has 0 fully saturated rings. The monoisotopic (exact) mass is 240 g/mol. The lowest BCUT2D eigenvalue weighted by Crippen LogP contribution is -2.59. The second-order valence-corrected chi connectivity index (χ2v) is 4.94. The van der Waals surface area contributed by atoms with Crippen molar-refractivity contribution in [2.45, 2.75) is 51.6 Å². The van der Waals surface area contributed by atoms with E-state index in [1.54, 1.807) is 0 Å². The van der Waals surface area contributed by atoms with Crippen LogP contribution < -0.4 is 5.32 Å². The van der Waals surface area contributed by atoms with Gasteiger partial charge in [-0.15, -0.1) is 0 Å². The molecule has 0 aromatic carbocycles. The summed E-state index contributed by atoms with van der Waals surface area (Å²) in [5.74, 6) is 1.14. The van der Waals surface area contributed by atoms with E-state index in [0.717, 1.165) is 38.2 Å². The van der Waals surface area contributed by atoms with Crippen LogP contribution in [0.1, 0.15) is 40.0 Å². The molecule has 0 saturated heterocycles. The molecule has 1 heterocycles. The van der Waals surface area contributed by atoms with Gasteiger partial charge in [0, 0.05) is 12.0 Å². The molecule has 0 aromatic rings. The summed E-state index contributed by atoms with van der Waals surface area (Å²) in [6.07, 6.45) is 5.54. The Kier molecular flexibility index (Phi) is 5.47. The fourth-order valence-electron chi connectivity index (χ4n) is 2.95. The molecular formula is C14H28N2O. The van der Waals surface area contributed by atoms with Crippen molar-refractivity contribution in [1.29, 1.82) is 0 Å². The van der Waals surface area contributed by atoms with E-state index in [9.17, 15) is 0 Å². The summed E-state index contributed by atoms with van der Waals surface area (Å²) in [6.45, 7) is 8.51. The second kappa shape index (κ2) is 6.41. The summed E-state index contributed by atoms with van der Waals surface area (Å²) in [7, 11) is 4.35. The number of nitrogens with zero attached hydrogens (tertiary/aromatic N) is 1. The maximum Gasteiger partial charge on any atom is 0.111 e. The zero-order valence-corrected chi connectivity index (χ0v) is 12.0. The normalized spacial score (nSPS) is 18.1. The molecule has 1 aliphatic heterocycles. The van der Waals surface area contributed by atoms with Crippen LogP contribution in [0.25, 0.3) is 0 Å². The number of hydrogen-bond donors (Lipinski definition) is 1. The molecule has 3 heteroatoms. The summed E-state index contributed by atoms with van der Waals surface area (Å²) in [5.41, 5.74) is 0.145. The van der Waals surface area contributed by atoms with Crippen LogP contribution in [-0.2, 0) is 4.74 Å². The fraction of sp³-hybridized carbons (Fsp3) is 0.857.